The van der Waals surface area contributed by atoms with E-state index in [0.717, 1.165) is 38.9 Å². The Morgan fingerprint density at radius 2 is 2.19 bits per heavy atom. The van der Waals surface area contributed by atoms with Crippen molar-refractivity contribution in [2.75, 3.05) is 31.0 Å². The van der Waals surface area contributed by atoms with Gasteiger partial charge in [-0.2, -0.15) is 0 Å². The first-order chi connectivity index (χ1) is 10.2. The molecule has 0 bridgehead atoms. The van der Waals surface area contributed by atoms with E-state index in [1.807, 2.05) is 22.9 Å². The van der Waals surface area contributed by atoms with Crippen molar-refractivity contribution in [3.05, 3.63) is 30.3 Å². The minimum atomic E-state index is 0.0916. The van der Waals surface area contributed by atoms with E-state index < -0.39 is 0 Å². The minimum absolute atomic E-state index is 0.0916. The molecule has 4 nitrogen and oxygen atoms in total. The van der Waals surface area contributed by atoms with Gasteiger partial charge in [0.1, 0.15) is 0 Å². The average Bonchev–Trinajstić information content (AvgIpc) is 2.97. The van der Waals surface area contributed by atoms with Crippen LogP contribution in [0.2, 0.25) is 0 Å². The largest absolute Gasteiger partial charge is 0.338 e. The summed E-state index contributed by atoms with van der Waals surface area (Å²) in [7, 11) is 2.09. The Labute approximate surface area is 132 Å². The predicted molar refractivity (Wildman–Crippen MR) is 90.7 cm³/mol. The first-order valence-corrected chi connectivity index (χ1v) is 8.52. The molecule has 21 heavy (non-hydrogen) atoms. The SMILES string of the molecule is CCCCNC(=O)N1CCC(SN(C)c2ccccc2)C1. The lowest BCUT2D eigenvalue weighted by molar-refractivity contribution is 0.209. The van der Waals surface area contributed by atoms with Crippen LogP contribution >= 0.6 is 11.9 Å². The summed E-state index contributed by atoms with van der Waals surface area (Å²) in [5.74, 6) is 0. The first-order valence-electron chi connectivity index (χ1n) is 7.69. The number of rotatable bonds is 6. The number of carbonyl (C=O) groups is 1. The lowest BCUT2D eigenvalue weighted by Gasteiger charge is -2.22. The molecule has 1 aromatic rings. The van der Waals surface area contributed by atoms with Crippen molar-refractivity contribution in [3.63, 3.8) is 0 Å². The number of para-hydroxylation sites is 1. The van der Waals surface area contributed by atoms with Crippen LogP contribution in [0.25, 0.3) is 0 Å². The van der Waals surface area contributed by atoms with Crippen LogP contribution in [0.4, 0.5) is 10.5 Å². The molecule has 5 heteroatoms. The Kier molecular flexibility index (Phi) is 6.23. The molecule has 2 amide bonds. The highest BCUT2D eigenvalue weighted by molar-refractivity contribution is 8.01. The molecule has 1 N–H and O–H groups in total. The molecule has 1 heterocycles. The van der Waals surface area contributed by atoms with Gasteiger partial charge in [-0.15, -0.1) is 0 Å². The molecular formula is C16H25N3OS. The smallest absolute Gasteiger partial charge is 0.317 e. The van der Waals surface area contributed by atoms with Crippen molar-refractivity contribution in [1.82, 2.24) is 10.2 Å². The van der Waals surface area contributed by atoms with Crippen LogP contribution in [0.15, 0.2) is 30.3 Å². The maximum absolute atomic E-state index is 12.0. The van der Waals surface area contributed by atoms with Gasteiger partial charge < -0.3 is 14.5 Å². The van der Waals surface area contributed by atoms with Gasteiger partial charge in [-0.1, -0.05) is 31.5 Å². The van der Waals surface area contributed by atoms with Gasteiger partial charge in [0.15, 0.2) is 0 Å². The molecule has 0 aliphatic carbocycles. The second kappa shape index (κ2) is 8.17. The molecule has 0 saturated carbocycles. The molecule has 1 aromatic carbocycles. The van der Waals surface area contributed by atoms with E-state index in [9.17, 15) is 4.79 Å². The fraction of sp³-hybridized carbons (Fsp3) is 0.562. The highest BCUT2D eigenvalue weighted by Crippen LogP contribution is 2.28. The van der Waals surface area contributed by atoms with Crippen LogP contribution in [-0.4, -0.2) is 42.9 Å². The van der Waals surface area contributed by atoms with Crippen LogP contribution in [0.3, 0.4) is 0 Å². The third-order valence-electron chi connectivity index (χ3n) is 3.67. The normalized spacial score (nSPS) is 17.8. The van der Waals surface area contributed by atoms with Crippen LogP contribution in [0.5, 0.6) is 0 Å². The fourth-order valence-corrected chi connectivity index (χ4v) is 3.55. The van der Waals surface area contributed by atoms with Gasteiger partial charge in [-0.3, -0.25) is 0 Å². The topological polar surface area (TPSA) is 35.6 Å². The summed E-state index contributed by atoms with van der Waals surface area (Å²) in [6.07, 6.45) is 3.22. The summed E-state index contributed by atoms with van der Waals surface area (Å²) >= 11 is 1.82. The number of benzene rings is 1. The van der Waals surface area contributed by atoms with Crippen molar-refractivity contribution in [2.24, 2.45) is 0 Å². The Morgan fingerprint density at radius 3 is 2.90 bits per heavy atom. The predicted octanol–water partition coefficient (Wildman–Crippen LogP) is 3.36. The van der Waals surface area contributed by atoms with E-state index in [0.29, 0.717) is 5.25 Å². The number of nitrogens with one attached hydrogen (secondary N) is 1. The van der Waals surface area contributed by atoms with Crippen molar-refractivity contribution in [3.8, 4) is 0 Å². The van der Waals surface area contributed by atoms with Crippen LogP contribution in [-0.2, 0) is 0 Å². The van der Waals surface area contributed by atoms with Gasteiger partial charge in [0.25, 0.3) is 0 Å². The lowest BCUT2D eigenvalue weighted by Crippen LogP contribution is -2.39. The summed E-state index contributed by atoms with van der Waals surface area (Å²) in [6.45, 7) is 4.61. The summed E-state index contributed by atoms with van der Waals surface area (Å²) in [4.78, 5) is 14.0. The number of unbranched alkanes of at least 4 members (excludes halogenated alkanes) is 1. The number of carbonyl (C=O) groups excluding carboxylic acids is 1. The Bertz CT molecular complexity index is 440. The average molecular weight is 307 g/mol. The summed E-state index contributed by atoms with van der Waals surface area (Å²) < 4.78 is 2.20. The van der Waals surface area contributed by atoms with E-state index in [4.69, 9.17) is 0 Å². The second-order valence-electron chi connectivity index (χ2n) is 5.38. The number of amides is 2. The number of nitrogens with zero attached hydrogens (tertiary/aromatic N) is 2. The molecule has 1 saturated heterocycles. The number of hydrogen-bond acceptors (Lipinski definition) is 3. The van der Waals surface area contributed by atoms with Gasteiger partial charge in [-0.25, -0.2) is 4.79 Å². The molecular weight excluding hydrogens is 282 g/mol. The van der Waals surface area contributed by atoms with E-state index in [2.05, 4.69) is 47.9 Å². The number of anilines is 1. The van der Waals surface area contributed by atoms with Crippen molar-refractivity contribution in [2.45, 2.75) is 31.4 Å². The van der Waals surface area contributed by atoms with Gasteiger partial charge in [-0.05, 0) is 36.9 Å². The lowest BCUT2D eigenvalue weighted by atomic mass is 10.3. The van der Waals surface area contributed by atoms with Gasteiger partial charge >= 0.3 is 6.03 Å². The van der Waals surface area contributed by atoms with E-state index >= 15 is 0 Å². The molecule has 116 valence electrons. The number of hydrogen-bond donors (Lipinski definition) is 1. The van der Waals surface area contributed by atoms with Crippen molar-refractivity contribution >= 4 is 23.7 Å². The minimum Gasteiger partial charge on any atom is -0.338 e. The van der Waals surface area contributed by atoms with Crippen LogP contribution in [0.1, 0.15) is 26.2 Å². The van der Waals surface area contributed by atoms with Gasteiger partial charge in [0.2, 0.25) is 0 Å². The van der Waals surface area contributed by atoms with Gasteiger partial charge in [0, 0.05) is 37.6 Å². The molecule has 0 aromatic heterocycles. The van der Waals surface area contributed by atoms with Gasteiger partial charge in [0.05, 0.1) is 0 Å². The third kappa shape index (κ3) is 4.84. The highest BCUT2D eigenvalue weighted by Gasteiger charge is 2.27. The standard InChI is InChI=1S/C16H25N3OS/c1-3-4-11-17-16(20)19-12-10-15(13-19)21-18(2)14-8-6-5-7-9-14/h5-9,15H,3-4,10-13H2,1-2H3,(H,17,20). The zero-order valence-electron chi connectivity index (χ0n) is 12.9. The molecule has 1 aliphatic rings. The Hall–Kier alpha value is -1.36. The summed E-state index contributed by atoms with van der Waals surface area (Å²) in [5, 5.41) is 3.47. The molecule has 0 radical (unpaired) electrons. The Morgan fingerprint density at radius 1 is 1.43 bits per heavy atom. The monoisotopic (exact) mass is 307 g/mol. The van der Waals surface area contributed by atoms with E-state index in [-0.39, 0.29) is 6.03 Å². The molecule has 0 spiro atoms. The summed E-state index contributed by atoms with van der Waals surface area (Å²) in [5.41, 5.74) is 1.20. The zero-order valence-corrected chi connectivity index (χ0v) is 13.7. The van der Waals surface area contributed by atoms with E-state index in [1.54, 1.807) is 0 Å². The molecule has 1 unspecified atom stereocenters. The summed E-state index contributed by atoms with van der Waals surface area (Å²) in [6, 6.07) is 10.4. The van der Waals surface area contributed by atoms with E-state index in [1.165, 1.54) is 5.69 Å². The molecule has 1 aliphatic heterocycles. The maximum atomic E-state index is 12.0. The maximum Gasteiger partial charge on any atom is 0.317 e. The highest BCUT2D eigenvalue weighted by atomic mass is 32.2. The molecule has 2 rings (SSSR count). The fourth-order valence-electron chi connectivity index (χ4n) is 2.40. The van der Waals surface area contributed by atoms with Crippen LogP contribution < -0.4 is 9.62 Å². The number of likely N-dealkylation sites (tertiary alicyclic amines) is 1. The van der Waals surface area contributed by atoms with Crippen molar-refractivity contribution in [1.29, 1.82) is 0 Å². The zero-order chi connectivity index (χ0) is 15.1. The molecule has 1 fully saturated rings. The van der Waals surface area contributed by atoms with Crippen molar-refractivity contribution < 1.29 is 4.79 Å². The third-order valence-corrected chi connectivity index (χ3v) is 4.88. The molecule has 1 atom stereocenters. The second-order valence-corrected chi connectivity index (χ2v) is 6.81. The first kappa shape index (κ1) is 16.0. The number of urea groups is 1. The quantitative estimate of drug-likeness (QED) is 0.646. The van der Waals surface area contributed by atoms with Crippen LogP contribution in [0, 0.1) is 0 Å². The Balaban J connectivity index is 1.76.